The molecule has 4 nitrogen and oxygen atoms in total. The summed E-state index contributed by atoms with van der Waals surface area (Å²) < 4.78 is 11.1. The number of hydrogen-bond acceptors (Lipinski definition) is 3. The summed E-state index contributed by atoms with van der Waals surface area (Å²) in [5.74, 6) is 0.774. The molecule has 1 amide bonds. The first-order valence-corrected chi connectivity index (χ1v) is 7.51. The Hall–Kier alpha value is -1.55. The normalized spacial score (nSPS) is 17.4. The van der Waals surface area contributed by atoms with Crippen LogP contribution in [0.25, 0.3) is 0 Å². The summed E-state index contributed by atoms with van der Waals surface area (Å²) in [6.45, 7) is 10.8. The zero-order valence-electron chi connectivity index (χ0n) is 13.4. The molecule has 21 heavy (non-hydrogen) atoms. The van der Waals surface area contributed by atoms with Gasteiger partial charge < -0.3 is 14.4 Å². The van der Waals surface area contributed by atoms with Gasteiger partial charge in [0.15, 0.2) is 6.10 Å². The van der Waals surface area contributed by atoms with Crippen LogP contribution in [0.15, 0.2) is 24.3 Å². The third-order valence-electron chi connectivity index (χ3n) is 3.68. The number of amides is 1. The second-order valence-electron chi connectivity index (χ2n) is 6.48. The van der Waals surface area contributed by atoms with E-state index in [0.29, 0.717) is 26.3 Å². The van der Waals surface area contributed by atoms with Crippen molar-refractivity contribution in [2.45, 2.75) is 39.2 Å². The lowest BCUT2D eigenvalue weighted by atomic mass is 9.87. The molecule has 1 atom stereocenters. The number of carbonyl (C=O) groups is 1. The van der Waals surface area contributed by atoms with Gasteiger partial charge in [0.2, 0.25) is 0 Å². The highest BCUT2D eigenvalue weighted by atomic mass is 16.5. The van der Waals surface area contributed by atoms with Gasteiger partial charge in [-0.25, -0.2) is 0 Å². The minimum absolute atomic E-state index is 0.0273. The molecule has 0 spiro atoms. The van der Waals surface area contributed by atoms with Gasteiger partial charge in [-0.15, -0.1) is 0 Å². The third-order valence-corrected chi connectivity index (χ3v) is 3.68. The van der Waals surface area contributed by atoms with E-state index in [1.54, 1.807) is 0 Å². The first kappa shape index (κ1) is 15.8. The molecular formula is C17H25NO3. The molecule has 1 aliphatic heterocycles. The molecule has 1 aromatic rings. The minimum atomic E-state index is -0.474. The standard InChI is InChI=1S/C17H25NO3/c1-13(16(19)18-8-10-20-11-9-18)21-15-7-5-6-14(12-15)17(2,3)4/h5-7,12-13H,8-11H2,1-4H3. The topological polar surface area (TPSA) is 38.8 Å². The van der Waals surface area contributed by atoms with Gasteiger partial charge in [0.25, 0.3) is 5.91 Å². The first-order valence-electron chi connectivity index (χ1n) is 7.51. The number of nitrogens with zero attached hydrogens (tertiary/aromatic N) is 1. The van der Waals surface area contributed by atoms with Gasteiger partial charge in [0, 0.05) is 13.1 Å². The highest BCUT2D eigenvalue weighted by molar-refractivity contribution is 5.81. The van der Waals surface area contributed by atoms with Crippen LogP contribution in [0.2, 0.25) is 0 Å². The fourth-order valence-electron chi connectivity index (χ4n) is 2.33. The van der Waals surface area contributed by atoms with E-state index in [-0.39, 0.29) is 11.3 Å². The van der Waals surface area contributed by atoms with E-state index < -0.39 is 6.10 Å². The molecule has 4 heteroatoms. The quantitative estimate of drug-likeness (QED) is 0.859. The summed E-state index contributed by atoms with van der Waals surface area (Å²) in [7, 11) is 0. The number of rotatable bonds is 3. The lowest BCUT2D eigenvalue weighted by molar-refractivity contribution is -0.142. The predicted octanol–water partition coefficient (Wildman–Crippen LogP) is 2.61. The van der Waals surface area contributed by atoms with Gasteiger partial charge in [0.1, 0.15) is 5.75 Å². The largest absolute Gasteiger partial charge is 0.481 e. The summed E-state index contributed by atoms with van der Waals surface area (Å²) in [6.07, 6.45) is -0.474. The van der Waals surface area contributed by atoms with Crippen LogP contribution in [-0.2, 0) is 14.9 Å². The monoisotopic (exact) mass is 291 g/mol. The van der Waals surface area contributed by atoms with Crippen molar-refractivity contribution in [3.63, 3.8) is 0 Å². The molecule has 116 valence electrons. The van der Waals surface area contributed by atoms with Crippen molar-refractivity contribution < 1.29 is 14.3 Å². The van der Waals surface area contributed by atoms with Crippen molar-refractivity contribution in [3.8, 4) is 5.75 Å². The lowest BCUT2D eigenvalue weighted by Crippen LogP contribution is -2.46. The van der Waals surface area contributed by atoms with Crippen molar-refractivity contribution in [2.24, 2.45) is 0 Å². The van der Waals surface area contributed by atoms with Gasteiger partial charge in [-0.1, -0.05) is 32.9 Å². The number of carbonyl (C=O) groups excluding carboxylic acids is 1. The summed E-state index contributed by atoms with van der Waals surface area (Å²) in [4.78, 5) is 14.1. The van der Waals surface area contributed by atoms with Crippen molar-refractivity contribution in [3.05, 3.63) is 29.8 Å². The van der Waals surface area contributed by atoms with Crippen LogP contribution >= 0.6 is 0 Å². The minimum Gasteiger partial charge on any atom is -0.481 e. The average Bonchev–Trinajstić information content (AvgIpc) is 2.47. The molecule has 1 aliphatic rings. The fourth-order valence-corrected chi connectivity index (χ4v) is 2.33. The molecular weight excluding hydrogens is 266 g/mol. The molecule has 0 aliphatic carbocycles. The van der Waals surface area contributed by atoms with E-state index in [4.69, 9.17) is 9.47 Å². The molecule has 1 fully saturated rings. The summed E-state index contributed by atoms with van der Waals surface area (Å²) in [6, 6.07) is 7.98. The Balaban J connectivity index is 2.02. The second kappa shape index (κ2) is 6.48. The van der Waals surface area contributed by atoms with Crippen LogP contribution in [0.3, 0.4) is 0 Å². The van der Waals surface area contributed by atoms with Crippen molar-refractivity contribution in [2.75, 3.05) is 26.3 Å². The summed E-state index contributed by atoms with van der Waals surface area (Å²) in [5.41, 5.74) is 1.27. The zero-order valence-corrected chi connectivity index (χ0v) is 13.4. The molecule has 0 N–H and O–H groups in total. The van der Waals surface area contributed by atoms with E-state index in [9.17, 15) is 4.79 Å². The van der Waals surface area contributed by atoms with Crippen LogP contribution in [0.4, 0.5) is 0 Å². The highest BCUT2D eigenvalue weighted by Gasteiger charge is 2.24. The molecule has 0 bridgehead atoms. The van der Waals surface area contributed by atoms with E-state index in [1.807, 2.05) is 30.0 Å². The maximum Gasteiger partial charge on any atom is 0.263 e. The van der Waals surface area contributed by atoms with E-state index in [2.05, 4.69) is 26.8 Å². The van der Waals surface area contributed by atoms with Gasteiger partial charge in [-0.3, -0.25) is 4.79 Å². The van der Waals surface area contributed by atoms with Crippen LogP contribution in [0.1, 0.15) is 33.3 Å². The molecule has 1 heterocycles. The number of ether oxygens (including phenoxy) is 2. The van der Waals surface area contributed by atoms with Gasteiger partial charge >= 0.3 is 0 Å². The fraction of sp³-hybridized carbons (Fsp3) is 0.588. The number of hydrogen-bond donors (Lipinski definition) is 0. The Labute approximate surface area is 127 Å². The first-order chi connectivity index (χ1) is 9.88. The molecule has 0 radical (unpaired) electrons. The van der Waals surface area contributed by atoms with E-state index in [0.717, 1.165) is 5.75 Å². The SMILES string of the molecule is CC(Oc1cccc(C(C)(C)C)c1)C(=O)N1CCOCC1. The molecule has 0 aromatic heterocycles. The summed E-state index contributed by atoms with van der Waals surface area (Å²) in [5, 5.41) is 0. The van der Waals surface area contributed by atoms with E-state index in [1.165, 1.54) is 5.56 Å². The highest BCUT2D eigenvalue weighted by Crippen LogP contribution is 2.26. The number of morpholine rings is 1. The van der Waals surface area contributed by atoms with Crippen LogP contribution in [0.5, 0.6) is 5.75 Å². The maximum atomic E-state index is 12.3. The Kier molecular flexibility index (Phi) is 4.88. The Morgan fingerprint density at radius 1 is 1.29 bits per heavy atom. The second-order valence-corrected chi connectivity index (χ2v) is 6.48. The number of benzene rings is 1. The van der Waals surface area contributed by atoms with Gasteiger partial charge in [-0.2, -0.15) is 0 Å². The van der Waals surface area contributed by atoms with Crippen LogP contribution < -0.4 is 4.74 Å². The van der Waals surface area contributed by atoms with Gasteiger partial charge in [-0.05, 0) is 30.0 Å². The van der Waals surface area contributed by atoms with Crippen molar-refractivity contribution in [1.29, 1.82) is 0 Å². The molecule has 0 saturated carbocycles. The summed E-state index contributed by atoms with van der Waals surface area (Å²) >= 11 is 0. The molecule has 2 rings (SSSR count). The molecule has 1 unspecified atom stereocenters. The van der Waals surface area contributed by atoms with Crippen molar-refractivity contribution >= 4 is 5.91 Å². The Morgan fingerprint density at radius 2 is 1.95 bits per heavy atom. The lowest BCUT2D eigenvalue weighted by Gasteiger charge is -2.29. The maximum absolute atomic E-state index is 12.3. The van der Waals surface area contributed by atoms with Crippen molar-refractivity contribution in [1.82, 2.24) is 4.90 Å². The third kappa shape index (κ3) is 4.21. The van der Waals surface area contributed by atoms with Crippen LogP contribution in [-0.4, -0.2) is 43.2 Å². The Bertz CT molecular complexity index is 487. The van der Waals surface area contributed by atoms with E-state index >= 15 is 0 Å². The Morgan fingerprint density at radius 3 is 2.57 bits per heavy atom. The zero-order chi connectivity index (χ0) is 15.5. The predicted molar refractivity (Wildman–Crippen MR) is 82.6 cm³/mol. The molecule has 1 saturated heterocycles. The average molecular weight is 291 g/mol. The smallest absolute Gasteiger partial charge is 0.263 e. The van der Waals surface area contributed by atoms with Crippen LogP contribution in [0, 0.1) is 0 Å². The molecule has 1 aromatic carbocycles. The van der Waals surface area contributed by atoms with Gasteiger partial charge in [0.05, 0.1) is 13.2 Å².